The third-order valence-corrected chi connectivity index (χ3v) is 6.72. The Balaban J connectivity index is 1.42. The number of anilines is 1. The largest absolute Gasteiger partial charge is 0.497 e. The van der Waals surface area contributed by atoms with Crippen molar-refractivity contribution in [1.29, 1.82) is 0 Å². The van der Waals surface area contributed by atoms with Crippen LogP contribution in [0.1, 0.15) is 13.8 Å². The second-order valence-corrected chi connectivity index (χ2v) is 9.87. The normalized spacial score (nSPS) is 15.3. The Morgan fingerprint density at radius 3 is 2.13 bits per heavy atom. The second-order valence-electron chi connectivity index (χ2n) is 8.10. The molecule has 1 fully saturated rings. The smallest absolute Gasteiger partial charge is 0.240 e. The molecule has 0 aliphatic carbocycles. The summed E-state index contributed by atoms with van der Waals surface area (Å²) in [5.41, 5.74) is 1.18. The van der Waals surface area contributed by atoms with Crippen molar-refractivity contribution >= 4 is 15.7 Å². The van der Waals surface area contributed by atoms with Crippen LogP contribution < -0.4 is 19.1 Å². The van der Waals surface area contributed by atoms with Gasteiger partial charge in [-0.3, -0.25) is 4.90 Å². The second kappa shape index (κ2) is 10.8. The number of piperazine rings is 1. The molecule has 1 saturated heterocycles. The zero-order valence-corrected chi connectivity index (χ0v) is 19.4. The lowest BCUT2D eigenvalue weighted by atomic mass is 10.2. The fourth-order valence-electron chi connectivity index (χ4n) is 3.42. The van der Waals surface area contributed by atoms with Gasteiger partial charge in [-0.1, -0.05) is 13.8 Å². The zero-order valence-electron chi connectivity index (χ0n) is 18.6. The van der Waals surface area contributed by atoms with E-state index in [0.717, 1.165) is 31.9 Å². The number of sulfonamides is 1. The minimum atomic E-state index is -3.52. The number of rotatable bonds is 10. The van der Waals surface area contributed by atoms with Crippen LogP contribution in [-0.2, 0) is 10.0 Å². The van der Waals surface area contributed by atoms with Gasteiger partial charge in [0.05, 0.1) is 18.6 Å². The highest BCUT2D eigenvalue weighted by molar-refractivity contribution is 7.89. The molecule has 1 aliphatic rings. The van der Waals surface area contributed by atoms with E-state index in [1.807, 2.05) is 12.1 Å². The molecule has 2 aromatic rings. The first-order chi connectivity index (χ1) is 14.9. The van der Waals surface area contributed by atoms with Gasteiger partial charge in [-0.05, 0) is 54.4 Å². The molecule has 7 nitrogen and oxygen atoms in total. The van der Waals surface area contributed by atoms with Gasteiger partial charge in [0.15, 0.2) is 0 Å². The summed E-state index contributed by atoms with van der Waals surface area (Å²) in [6.45, 7) is 9.44. The Morgan fingerprint density at radius 1 is 0.935 bits per heavy atom. The lowest BCUT2D eigenvalue weighted by molar-refractivity contribution is 0.262. The Hall–Kier alpha value is -2.29. The van der Waals surface area contributed by atoms with Crippen molar-refractivity contribution in [3.8, 4) is 11.5 Å². The number of hydrogen-bond acceptors (Lipinski definition) is 6. The molecule has 2 aromatic carbocycles. The standard InChI is InChI=1S/C23H33N3O4S/c1-19(2)18-30-22-8-10-23(11-9-22)31(27,28)24-12-13-25-14-16-26(17-15-25)20-4-6-21(29-3)7-5-20/h4-11,19,24H,12-18H2,1-3H3. The summed E-state index contributed by atoms with van der Waals surface area (Å²) >= 11 is 0. The van der Waals surface area contributed by atoms with E-state index in [9.17, 15) is 8.42 Å². The highest BCUT2D eigenvalue weighted by Crippen LogP contribution is 2.20. The molecule has 0 atom stereocenters. The molecule has 0 bridgehead atoms. The molecule has 0 spiro atoms. The van der Waals surface area contributed by atoms with Gasteiger partial charge in [0.2, 0.25) is 10.0 Å². The van der Waals surface area contributed by atoms with E-state index in [0.29, 0.717) is 31.4 Å². The van der Waals surface area contributed by atoms with Crippen molar-refractivity contribution in [3.63, 3.8) is 0 Å². The van der Waals surface area contributed by atoms with Crippen LogP contribution in [-0.4, -0.2) is 66.3 Å². The van der Waals surface area contributed by atoms with Gasteiger partial charge >= 0.3 is 0 Å². The van der Waals surface area contributed by atoms with Crippen LogP contribution in [0.4, 0.5) is 5.69 Å². The van der Waals surface area contributed by atoms with E-state index in [-0.39, 0.29) is 4.90 Å². The molecule has 0 unspecified atom stereocenters. The molecule has 0 amide bonds. The van der Waals surface area contributed by atoms with E-state index in [1.54, 1.807) is 31.4 Å². The SMILES string of the molecule is COc1ccc(N2CCN(CCNS(=O)(=O)c3ccc(OCC(C)C)cc3)CC2)cc1. The van der Waals surface area contributed by atoms with Crippen molar-refractivity contribution in [2.45, 2.75) is 18.7 Å². The molecule has 1 aliphatic heterocycles. The third kappa shape index (κ3) is 6.85. The third-order valence-electron chi connectivity index (χ3n) is 5.25. The van der Waals surface area contributed by atoms with Crippen molar-refractivity contribution in [2.75, 3.05) is 57.9 Å². The molecule has 170 valence electrons. The molecule has 1 heterocycles. The van der Waals surface area contributed by atoms with E-state index >= 15 is 0 Å². The van der Waals surface area contributed by atoms with Gasteiger partial charge in [0.25, 0.3) is 0 Å². The quantitative estimate of drug-likeness (QED) is 0.604. The molecule has 0 radical (unpaired) electrons. The fourth-order valence-corrected chi connectivity index (χ4v) is 4.44. The molecular formula is C23H33N3O4S. The number of benzene rings is 2. The summed E-state index contributed by atoms with van der Waals surface area (Å²) in [4.78, 5) is 4.88. The zero-order chi connectivity index (χ0) is 22.3. The van der Waals surface area contributed by atoms with Crippen molar-refractivity contribution in [2.24, 2.45) is 5.92 Å². The van der Waals surface area contributed by atoms with E-state index in [1.165, 1.54) is 5.69 Å². The predicted octanol–water partition coefficient (Wildman–Crippen LogP) is 2.83. The van der Waals surface area contributed by atoms with Crippen molar-refractivity contribution < 1.29 is 17.9 Å². The lowest BCUT2D eigenvalue weighted by Gasteiger charge is -2.36. The Labute approximate surface area is 186 Å². The summed E-state index contributed by atoms with van der Waals surface area (Å²) in [6, 6.07) is 14.7. The van der Waals surface area contributed by atoms with E-state index < -0.39 is 10.0 Å². The fraction of sp³-hybridized carbons (Fsp3) is 0.478. The maximum Gasteiger partial charge on any atom is 0.240 e. The first-order valence-electron chi connectivity index (χ1n) is 10.7. The maximum absolute atomic E-state index is 12.6. The first-order valence-corrected chi connectivity index (χ1v) is 12.2. The Kier molecular flexibility index (Phi) is 8.17. The number of nitrogens with zero attached hydrogens (tertiary/aromatic N) is 2. The minimum absolute atomic E-state index is 0.258. The molecule has 3 rings (SSSR count). The Bertz CT molecular complexity index is 907. The topological polar surface area (TPSA) is 71.1 Å². The number of hydrogen-bond donors (Lipinski definition) is 1. The summed E-state index contributed by atoms with van der Waals surface area (Å²) in [6.07, 6.45) is 0. The monoisotopic (exact) mass is 447 g/mol. The summed E-state index contributed by atoms with van der Waals surface area (Å²) in [5, 5.41) is 0. The van der Waals surface area contributed by atoms with Crippen molar-refractivity contribution in [3.05, 3.63) is 48.5 Å². The van der Waals surface area contributed by atoms with E-state index in [4.69, 9.17) is 9.47 Å². The highest BCUT2D eigenvalue weighted by atomic mass is 32.2. The van der Waals surface area contributed by atoms with Crippen LogP contribution in [0.15, 0.2) is 53.4 Å². The number of methoxy groups -OCH3 is 1. The molecule has 0 saturated carbocycles. The molecule has 0 aromatic heterocycles. The Morgan fingerprint density at radius 2 is 1.55 bits per heavy atom. The average molecular weight is 448 g/mol. The maximum atomic E-state index is 12.6. The summed E-state index contributed by atoms with van der Waals surface area (Å²) in [7, 11) is -1.86. The van der Waals surface area contributed by atoms with Crippen LogP contribution in [0.3, 0.4) is 0 Å². The lowest BCUT2D eigenvalue weighted by Crippen LogP contribution is -2.48. The molecule has 31 heavy (non-hydrogen) atoms. The summed E-state index contributed by atoms with van der Waals surface area (Å²) in [5.74, 6) is 1.96. The molecule has 1 N–H and O–H groups in total. The van der Waals surface area contributed by atoms with Gasteiger partial charge in [-0.15, -0.1) is 0 Å². The average Bonchev–Trinajstić information content (AvgIpc) is 2.78. The summed E-state index contributed by atoms with van der Waals surface area (Å²) < 4.78 is 38.6. The van der Waals surface area contributed by atoms with Gasteiger partial charge < -0.3 is 14.4 Å². The van der Waals surface area contributed by atoms with Crippen LogP contribution in [0, 0.1) is 5.92 Å². The van der Waals surface area contributed by atoms with Gasteiger partial charge in [-0.2, -0.15) is 0 Å². The predicted molar refractivity (Wildman–Crippen MR) is 124 cm³/mol. The van der Waals surface area contributed by atoms with Gasteiger partial charge in [0, 0.05) is 45.0 Å². The van der Waals surface area contributed by atoms with Crippen LogP contribution in [0.2, 0.25) is 0 Å². The number of ether oxygens (including phenoxy) is 2. The van der Waals surface area contributed by atoms with Gasteiger partial charge in [-0.25, -0.2) is 13.1 Å². The van der Waals surface area contributed by atoms with E-state index in [2.05, 4.69) is 40.5 Å². The minimum Gasteiger partial charge on any atom is -0.497 e. The first kappa shape index (κ1) is 23.4. The molecular weight excluding hydrogens is 414 g/mol. The van der Waals surface area contributed by atoms with Crippen molar-refractivity contribution in [1.82, 2.24) is 9.62 Å². The van der Waals surface area contributed by atoms with Crippen LogP contribution >= 0.6 is 0 Å². The van der Waals surface area contributed by atoms with Gasteiger partial charge in [0.1, 0.15) is 11.5 Å². The highest BCUT2D eigenvalue weighted by Gasteiger charge is 2.19. The molecule has 8 heteroatoms. The number of nitrogens with one attached hydrogen (secondary N) is 1. The van der Waals surface area contributed by atoms with Crippen LogP contribution in [0.5, 0.6) is 11.5 Å². The van der Waals surface area contributed by atoms with Crippen LogP contribution in [0.25, 0.3) is 0 Å².